The first-order valence-electron chi connectivity index (χ1n) is 5.34. The predicted octanol–water partition coefficient (Wildman–Crippen LogP) is 2.16. The molecule has 1 aromatic rings. The molecule has 0 aliphatic heterocycles. The van der Waals surface area contributed by atoms with Gasteiger partial charge in [-0.2, -0.15) is 5.26 Å². The maximum Gasteiger partial charge on any atom is 0.337 e. The molecule has 7 heteroatoms. The number of benzene rings is 1. The van der Waals surface area contributed by atoms with Gasteiger partial charge in [0.05, 0.1) is 28.8 Å². The van der Waals surface area contributed by atoms with Crippen molar-refractivity contribution in [2.75, 3.05) is 12.3 Å². The summed E-state index contributed by atoms with van der Waals surface area (Å²) in [4.78, 5) is 22.9. The minimum absolute atomic E-state index is 0.0107. The molecule has 0 fully saturated rings. The lowest BCUT2D eigenvalue weighted by Crippen LogP contribution is -2.25. The number of rotatable bonds is 6. The van der Waals surface area contributed by atoms with Crippen molar-refractivity contribution in [2.24, 2.45) is 0 Å². The summed E-state index contributed by atoms with van der Waals surface area (Å²) in [5.41, 5.74) is 0.0107. The van der Waals surface area contributed by atoms with Gasteiger partial charge in [0.15, 0.2) is 0 Å². The smallest absolute Gasteiger partial charge is 0.337 e. The number of carbonyl (C=O) groups excluding carboxylic acids is 1. The predicted molar refractivity (Wildman–Crippen MR) is 72.4 cm³/mol. The van der Waals surface area contributed by atoms with Crippen molar-refractivity contribution in [3.63, 3.8) is 0 Å². The maximum atomic E-state index is 11.4. The van der Waals surface area contributed by atoms with E-state index < -0.39 is 5.97 Å². The van der Waals surface area contributed by atoms with E-state index in [1.807, 2.05) is 6.07 Å². The number of nitrogens with zero attached hydrogens (tertiary/aromatic N) is 1. The Hall–Kier alpha value is -1.71. The van der Waals surface area contributed by atoms with Crippen LogP contribution in [0.4, 0.5) is 0 Å². The third-order valence-corrected chi connectivity index (χ3v) is 3.42. The number of thioether (sulfide) groups is 1. The largest absolute Gasteiger partial charge is 0.478 e. The number of hydrogen-bond donors (Lipinski definition) is 2. The van der Waals surface area contributed by atoms with Gasteiger partial charge in [-0.25, -0.2) is 4.79 Å². The SMILES string of the molecule is N#CCCNC(=O)CSc1ccc(Cl)c(C(=O)O)c1. The number of carboxylic acids is 1. The van der Waals surface area contributed by atoms with Crippen LogP contribution in [0.2, 0.25) is 5.02 Å². The molecule has 0 spiro atoms. The van der Waals surface area contributed by atoms with Crippen LogP contribution in [-0.4, -0.2) is 29.3 Å². The third kappa shape index (κ3) is 5.20. The van der Waals surface area contributed by atoms with E-state index in [0.717, 1.165) is 0 Å². The van der Waals surface area contributed by atoms with Crippen LogP contribution in [0.25, 0.3) is 0 Å². The zero-order valence-electron chi connectivity index (χ0n) is 9.85. The maximum absolute atomic E-state index is 11.4. The van der Waals surface area contributed by atoms with Crippen LogP contribution in [0.15, 0.2) is 23.1 Å². The van der Waals surface area contributed by atoms with E-state index in [1.54, 1.807) is 6.07 Å². The number of hydrogen-bond acceptors (Lipinski definition) is 4. The molecule has 1 rings (SSSR count). The number of aromatic carboxylic acids is 1. The number of carboxylic acid groups (broad SMARTS) is 1. The van der Waals surface area contributed by atoms with Gasteiger partial charge in [-0.3, -0.25) is 4.79 Å². The summed E-state index contributed by atoms with van der Waals surface area (Å²) in [5.74, 6) is -1.15. The van der Waals surface area contributed by atoms with Crippen molar-refractivity contribution in [2.45, 2.75) is 11.3 Å². The molecule has 0 aliphatic carbocycles. The second-order valence-electron chi connectivity index (χ2n) is 3.49. The molecule has 0 aliphatic rings. The number of carbonyl (C=O) groups is 2. The highest BCUT2D eigenvalue weighted by Gasteiger charge is 2.10. The summed E-state index contributed by atoms with van der Waals surface area (Å²) in [6.45, 7) is 0.316. The van der Waals surface area contributed by atoms with E-state index in [9.17, 15) is 9.59 Å². The summed E-state index contributed by atoms with van der Waals surface area (Å²) < 4.78 is 0. The highest BCUT2D eigenvalue weighted by Crippen LogP contribution is 2.24. The molecule has 0 bridgehead atoms. The molecule has 2 N–H and O–H groups in total. The molecule has 1 amide bonds. The average Bonchev–Trinajstić information content (AvgIpc) is 2.37. The van der Waals surface area contributed by atoms with Crippen molar-refractivity contribution in [3.8, 4) is 6.07 Å². The Morgan fingerprint density at radius 2 is 2.21 bits per heavy atom. The van der Waals surface area contributed by atoms with Gasteiger partial charge >= 0.3 is 5.97 Å². The number of amides is 1. The minimum atomic E-state index is -1.11. The van der Waals surface area contributed by atoms with Gasteiger partial charge in [0, 0.05) is 11.4 Å². The first-order valence-corrected chi connectivity index (χ1v) is 6.70. The van der Waals surface area contributed by atoms with Crippen LogP contribution in [0, 0.1) is 11.3 Å². The van der Waals surface area contributed by atoms with Crippen molar-refractivity contribution in [1.29, 1.82) is 5.26 Å². The van der Waals surface area contributed by atoms with Crippen LogP contribution in [-0.2, 0) is 4.79 Å². The van der Waals surface area contributed by atoms with Crippen molar-refractivity contribution < 1.29 is 14.7 Å². The van der Waals surface area contributed by atoms with E-state index in [4.69, 9.17) is 22.0 Å². The van der Waals surface area contributed by atoms with Gasteiger partial charge in [-0.05, 0) is 18.2 Å². The monoisotopic (exact) mass is 298 g/mol. The molecule has 0 aromatic heterocycles. The van der Waals surface area contributed by atoms with Crippen LogP contribution in [0.5, 0.6) is 0 Å². The van der Waals surface area contributed by atoms with E-state index in [-0.39, 0.29) is 28.7 Å². The van der Waals surface area contributed by atoms with E-state index in [0.29, 0.717) is 11.4 Å². The summed E-state index contributed by atoms with van der Waals surface area (Å²) in [5, 5.41) is 20.0. The number of nitriles is 1. The molecule has 0 radical (unpaired) electrons. The molecule has 19 heavy (non-hydrogen) atoms. The first kappa shape index (κ1) is 15.3. The Labute approximate surface area is 119 Å². The molecular weight excluding hydrogens is 288 g/mol. The van der Waals surface area contributed by atoms with Crippen LogP contribution in [0.3, 0.4) is 0 Å². The van der Waals surface area contributed by atoms with Crippen LogP contribution < -0.4 is 5.32 Å². The van der Waals surface area contributed by atoms with E-state index >= 15 is 0 Å². The number of nitrogens with one attached hydrogen (secondary N) is 1. The molecule has 0 atom stereocenters. The quantitative estimate of drug-likeness (QED) is 0.620. The molecular formula is C12H11ClN2O3S. The standard InChI is InChI=1S/C12H11ClN2O3S/c13-10-3-2-8(6-9(10)12(17)18)19-7-11(16)15-5-1-4-14/h2-3,6H,1,5,7H2,(H,15,16)(H,17,18). The molecule has 100 valence electrons. The first-order chi connectivity index (χ1) is 9.04. The highest BCUT2D eigenvalue weighted by atomic mass is 35.5. The fourth-order valence-corrected chi connectivity index (χ4v) is 2.18. The Kier molecular flexibility index (Phi) is 6.19. The fourth-order valence-electron chi connectivity index (χ4n) is 1.22. The average molecular weight is 299 g/mol. The van der Waals surface area contributed by atoms with Crippen LogP contribution >= 0.6 is 23.4 Å². The summed E-state index contributed by atoms with van der Waals surface area (Å²) in [7, 11) is 0. The Bertz CT molecular complexity index is 528. The van der Waals surface area contributed by atoms with Gasteiger partial charge in [0.1, 0.15) is 0 Å². The van der Waals surface area contributed by atoms with Crippen molar-refractivity contribution >= 4 is 35.2 Å². The van der Waals surface area contributed by atoms with Crippen LogP contribution in [0.1, 0.15) is 16.8 Å². The lowest BCUT2D eigenvalue weighted by molar-refractivity contribution is -0.118. The lowest BCUT2D eigenvalue weighted by atomic mass is 10.2. The van der Waals surface area contributed by atoms with Gasteiger partial charge in [0.25, 0.3) is 0 Å². The molecule has 0 saturated carbocycles. The summed E-state index contributed by atoms with van der Waals surface area (Å²) in [6.07, 6.45) is 0.264. The fraction of sp³-hybridized carbons (Fsp3) is 0.250. The zero-order valence-corrected chi connectivity index (χ0v) is 11.4. The minimum Gasteiger partial charge on any atom is -0.478 e. The summed E-state index contributed by atoms with van der Waals surface area (Å²) >= 11 is 6.95. The Balaban J connectivity index is 2.54. The highest BCUT2D eigenvalue weighted by molar-refractivity contribution is 8.00. The number of halogens is 1. The van der Waals surface area contributed by atoms with Gasteiger partial charge in [-0.15, -0.1) is 11.8 Å². The van der Waals surface area contributed by atoms with Crippen molar-refractivity contribution in [3.05, 3.63) is 28.8 Å². The molecule has 0 heterocycles. The normalized spacial score (nSPS) is 9.68. The lowest BCUT2D eigenvalue weighted by Gasteiger charge is -2.05. The van der Waals surface area contributed by atoms with Gasteiger partial charge in [0.2, 0.25) is 5.91 Å². The topological polar surface area (TPSA) is 90.2 Å². The van der Waals surface area contributed by atoms with Gasteiger partial charge in [-0.1, -0.05) is 11.6 Å². The van der Waals surface area contributed by atoms with E-state index in [2.05, 4.69) is 5.32 Å². The Morgan fingerprint density at radius 1 is 1.47 bits per heavy atom. The molecule has 0 saturated heterocycles. The second-order valence-corrected chi connectivity index (χ2v) is 4.95. The summed E-state index contributed by atoms with van der Waals surface area (Å²) in [6, 6.07) is 6.49. The van der Waals surface area contributed by atoms with Crippen molar-refractivity contribution in [1.82, 2.24) is 5.32 Å². The zero-order chi connectivity index (χ0) is 14.3. The van der Waals surface area contributed by atoms with E-state index in [1.165, 1.54) is 23.9 Å². The second kappa shape index (κ2) is 7.67. The molecule has 0 unspecified atom stereocenters. The molecule has 5 nitrogen and oxygen atoms in total. The Morgan fingerprint density at radius 3 is 2.84 bits per heavy atom. The third-order valence-electron chi connectivity index (χ3n) is 2.10. The van der Waals surface area contributed by atoms with Gasteiger partial charge < -0.3 is 10.4 Å². The molecule has 1 aromatic carbocycles.